The van der Waals surface area contributed by atoms with E-state index >= 15 is 0 Å². The van der Waals surface area contributed by atoms with Gasteiger partial charge in [-0.25, -0.2) is 0 Å². The number of carboxylic acid groups (broad SMARTS) is 1. The van der Waals surface area contributed by atoms with Crippen LogP contribution in [0, 0.1) is 11.8 Å². The third-order valence-corrected chi connectivity index (χ3v) is 2.54. The number of hydrogen-bond donors (Lipinski definition) is 2. The first-order valence-electron chi connectivity index (χ1n) is 5.42. The lowest BCUT2D eigenvalue weighted by molar-refractivity contribution is -0.140. The lowest BCUT2D eigenvalue weighted by atomic mass is 9.90. The fraction of sp³-hybridized carbons (Fsp3) is 0.750. The largest absolute Gasteiger partial charge is 0.481 e. The summed E-state index contributed by atoms with van der Waals surface area (Å²) in [6.45, 7) is 7.83. The lowest BCUT2D eigenvalue weighted by Gasteiger charge is -2.19. The van der Waals surface area contributed by atoms with Crippen molar-refractivity contribution in [2.45, 2.75) is 46.1 Å². The smallest absolute Gasteiger partial charge is 0.306 e. The number of carbonyl (C=O) groups is 1. The normalized spacial score (nSPS) is 18.0. The summed E-state index contributed by atoms with van der Waals surface area (Å²) in [6, 6.07) is 0. The van der Waals surface area contributed by atoms with Gasteiger partial charge in [-0.3, -0.25) is 4.79 Å². The van der Waals surface area contributed by atoms with Crippen LogP contribution in [0.2, 0.25) is 0 Å². The molecule has 0 aliphatic rings. The molecule has 15 heavy (non-hydrogen) atoms. The van der Waals surface area contributed by atoms with Crippen LogP contribution in [0.5, 0.6) is 0 Å². The molecule has 0 rings (SSSR count). The van der Waals surface area contributed by atoms with Crippen molar-refractivity contribution < 1.29 is 15.0 Å². The first-order valence-corrected chi connectivity index (χ1v) is 5.42. The Kier molecular flexibility index (Phi) is 5.58. The van der Waals surface area contributed by atoms with Crippen molar-refractivity contribution in [3.63, 3.8) is 0 Å². The van der Waals surface area contributed by atoms with Crippen molar-refractivity contribution in [1.29, 1.82) is 0 Å². The van der Waals surface area contributed by atoms with E-state index in [0.29, 0.717) is 11.8 Å². The summed E-state index contributed by atoms with van der Waals surface area (Å²) in [5.41, 5.74) is -1.24. The van der Waals surface area contributed by atoms with Crippen LogP contribution in [0.1, 0.15) is 40.5 Å². The molecule has 0 saturated carbocycles. The highest BCUT2D eigenvalue weighted by Crippen LogP contribution is 2.19. The van der Waals surface area contributed by atoms with Gasteiger partial charge in [-0.05, 0) is 25.2 Å². The first kappa shape index (κ1) is 14.2. The summed E-state index contributed by atoms with van der Waals surface area (Å²) in [4.78, 5) is 10.5. The minimum Gasteiger partial charge on any atom is -0.481 e. The van der Waals surface area contributed by atoms with E-state index in [4.69, 9.17) is 5.11 Å². The van der Waals surface area contributed by atoms with E-state index in [1.807, 2.05) is 6.08 Å². The molecule has 3 heteroatoms. The molecule has 0 aromatic heterocycles. The molecule has 2 atom stereocenters. The third-order valence-electron chi connectivity index (χ3n) is 2.54. The maximum absolute atomic E-state index is 10.5. The standard InChI is InChI=1S/C12H22O3/c1-5-10(9(2)3)6-7-12(4,15)8-11(13)14/h6-7,9-10,15H,5,8H2,1-4H3,(H,13,14)/t10-,12-/m1/s1. The van der Waals surface area contributed by atoms with E-state index in [1.165, 1.54) is 6.92 Å². The molecule has 3 nitrogen and oxygen atoms in total. The van der Waals surface area contributed by atoms with Crippen LogP contribution >= 0.6 is 0 Å². The molecule has 0 radical (unpaired) electrons. The molecule has 0 aromatic rings. The second kappa shape index (κ2) is 5.91. The predicted octanol–water partition coefficient (Wildman–Crippen LogP) is 2.45. The van der Waals surface area contributed by atoms with Crippen LogP contribution in [0.25, 0.3) is 0 Å². The van der Waals surface area contributed by atoms with Gasteiger partial charge in [0.05, 0.1) is 12.0 Å². The summed E-state index contributed by atoms with van der Waals surface area (Å²) in [6.07, 6.45) is 4.28. The topological polar surface area (TPSA) is 57.5 Å². The van der Waals surface area contributed by atoms with Gasteiger partial charge in [0, 0.05) is 0 Å². The van der Waals surface area contributed by atoms with Gasteiger partial charge < -0.3 is 10.2 Å². The maximum atomic E-state index is 10.5. The van der Waals surface area contributed by atoms with Gasteiger partial charge in [0.15, 0.2) is 0 Å². The maximum Gasteiger partial charge on any atom is 0.306 e. The van der Waals surface area contributed by atoms with Crippen LogP contribution in [-0.4, -0.2) is 21.8 Å². The van der Waals surface area contributed by atoms with Gasteiger partial charge >= 0.3 is 5.97 Å². The van der Waals surface area contributed by atoms with Gasteiger partial charge in [-0.2, -0.15) is 0 Å². The van der Waals surface area contributed by atoms with E-state index in [9.17, 15) is 9.90 Å². The van der Waals surface area contributed by atoms with E-state index in [1.54, 1.807) is 6.08 Å². The summed E-state index contributed by atoms with van der Waals surface area (Å²) < 4.78 is 0. The van der Waals surface area contributed by atoms with Crippen LogP contribution in [0.15, 0.2) is 12.2 Å². The van der Waals surface area contributed by atoms with Gasteiger partial charge in [-0.1, -0.05) is 32.9 Å². The van der Waals surface area contributed by atoms with Crippen LogP contribution < -0.4 is 0 Å². The van der Waals surface area contributed by atoms with Crippen molar-refractivity contribution >= 4 is 5.97 Å². The SMILES string of the molecule is CC[C@H](C=C[C@@](C)(O)CC(=O)O)C(C)C. The number of allylic oxidation sites excluding steroid dienone is 1. The first-order chi connectivity index (χ1) is 6.78. The Morgan fingerprint density at radius 1 is 1.47 bits per heavy atom. The van der Waals surface area contributed by atoms with E-state index < -0.39 is 11.6 Å². The Hall–Kier alpha value is -0.830. The third kappa shape index (κ3) is 6.28. The van der Waals surface area contributed by atoms with Crippen molar-refractivity contribution in [1.82, 2.24) is 0 Å². The molecule has 0 amide bonds. The van der Waals surface area contributed by atoms with Crippen LogP contribution in [0.4, 0.5) is 0 Å². The molecule has 88 valence electrons. The predicted molar refractivity (Wildman–Crippen MR) is 60.6 cm³/mol. The average molecular weight is 214 g/mol. The Labute approximate surface area is 91.8 Å². The zero-order valence-electron chi connectivity index (χ0n) is 10.0. The average Bonchev–Trinajstić information content (AvgIpc) is 2.01. The molecule has 0 aliphatic carbocycles. The van der Waals surface area contributed by atoms with E-state index in [2.05, 4.69) is 20.8 Å². The zero-order valence-corrected chi connectivity index (χ0v) is 10.0. The Morgan fingerprint density at radius 3 is 2.33 bits per heavy atom. The molecular formula is C12H22O3. The molecule has 2 N–H and O–H groups in total. The molecular weight excluding hydrogens is 192 g/mol. The molecule has 0 heterocycles. The highest BCUT2D eigenvalue weighted by atomic mass is 16.4. The van der Waals surface area contributed by atoms with Crippen molar-refractivity contribution in [2.24, 2.45) is 11.8 Å². The number of hydrogen-bond acceptors (Lipinski definition) is 2. The van der Waals surface area contributed by atoms with Crippen molar-refractivity contribution in [3.8, 4) is 0 Å². The van der Waals surface area contributed by atoms with Gasteiger partial charge in [0.1, 0.15) is 0 Å². The zero-order chi connectivity index (χ0) is 12.1. The Bertz CT molecular complexity index is 229. The van der Waals surface area contributed by atoms with E-state index in [0.717, 1.165) is 6.42 Å². The highest BCUT2D eigenvalue weighted by Gasteiger charge is 2.21. The molecule has 0 spiro atoms. The number of aliphatic hydroxyl groups is 1. The summed E-state index contributed by atoms with van der Waals surface area (Å²) in [5.74, 6) is -0.0839. The molecule has 0 aromatic carbocycles. The quantitative estimate of drug-likeness (QED) is 0.668. The van der Waals surface area contributed by atoms with Gasteiger partial charge in [-0.15, -0.1) is 0 Å². The highest BCUT2D eigenvalue weighted by molar-refractivity contribution is 5.68. The van der Waals surface area contributed by atoms with Crippen LogP contribution in [0.3, 0.4) is 0 Å². The summed E-state index contributed by atoms with van der Waals surface area (Å²) in [7, 11) is 0. The lowest BCUT2D eigenvalue weighted by Crippen LogP contribution is -2.25. The van der Waals surface area contributed by atoms with Crippen molar-refractivity contribution in [2.75, 3.05) is 0 Å². The van der Waals surface area contributed by atoms with Gasteiger partial charge in [0.25, 0.3) is 0 Å². The molecule has 0 saturated heterocycles. The second-order valence-electron chi connectivity index (χ2n) is 4.60. The van der Waals surface area contributed by atoms with Crippen LogP contribution in [-0.2, 0) is 4.79 Å². The fourth-order valence-corrected chi connectivity index (χ4v) is 1.53. The Morgan fingerprint density at radius 2 is 2.00 bits per heavy atom. The molecule has 0 unspecified atom stereocenters. The summed E-state index contributed by atoms with van der Waals surface area (Å²) in [5, 5.41) is 18.3. The minimum atomic E-state index is -1.24. The minimum absolute atomic E-state index is 0.252. The fourth-order valence-electron chi connectivity index (χ4n) is 1.53. The molecule has 0 aliphatic heterocycles. The summed E-state index contributed by atoms with van der Waals surface area (Å²) >= 11 is 0. The molecule has 0 fully saturated rings. The second-order valence-corrected chi connectivity index (χ2v) is 4.60. The van der Waals surface area contributed by atoms with Gasteiger partial charge in [0.2, 0.25) is 0 Å². The van der Waals surface area contributed by atoms with Crippen molar-refractivity contribution in [3.05, 3.63) is 12.2 Å². The Balaban J connectivity index is 4.41. The molecule has 0 bridgehead atoms. The number of rotatable bonds is 6. The number of aliphatic carboxylic acids is 1. The van der Waals surface area contributed by atoms with E-state index in [-0.39, 0.29) is 6.42 Å². The monoisotopic (exact) mass is 214 g/mol. The number of carboxylic acids is 1.